The number of hydrogen-bond donors (Lipinski definition) is 1. The molecule has 1 amide bonds. The molecular formula is C15H15N5O3S. The lowest BCUT2D eigenvalue weighted by molar-refractivity contribution is -0.384. The van der Waals surface area contributed by atoms with E-state index in [4.69, 9.17) is 0 Å². The van der Waals surface area contributed by atoms with Crippen LogP contribution in [0.2, 0.25) is 0 Å². The number of nitro groups is 1. The minimum absolute atomic E-state index is 0.0168. The fraction of sp³-hybridized carbons (Fsp3) is 0.267. The third kappa shape index (κ3) is 3.11. The van der Waals surface area contributed by atoms with Crippen LogP contribution in [-0.4, -0.2) is 32.1 Å². The Hall–Kier alpha value is -2.81. The van der Waals surface area contributed by atoms with Crippen molar-refractivity contribution in [3.05, 3.63) is 51.4 Å². The van der Waals surface area contributed by atoms with Crippen LogP contribution in [-0.2, 0) is 7.05 Å². The number of carbonyl (C=O) groups excluding carboxylic acids is 1. The van der Waals surface area contributed by atoms with Crippen LogP contribution in [0.1, 0.15) is 28.3 Å². The van der Waals surface area contributed by atoms with Gasteiger partial charge in [-0.25, -0.2) is 0 Å². The minimum atomic E-state index is -0.445. The van der Waals surface area contributed by atoms with Crippen LogP contribution in [0.4, 0.5) is 5.69 Å². The van der Waals surface area contributed by atoms with Crippen molar-refractivity contribution < 1.29 is 9.72 Å². The molecule has 0 saturated heterocycles. The van der Waals surface area contributed by atoms with Gasteiger partial charge in [0.15, 0.2) is 0 Å². The van der Waals surface area contributed by atoms with Crippen LogP contribution < -0.4 is 5.32 Å². The summed E-state index contributed by atoms with van der Waals surface area (Å²) in [6.45, 7) is 2.39. The molecule has 1 aromatic carbocycles. The van der Waals surface area contributed by atoms with E-state index in [1.165, 1.54) is 23.5 Å². The lowest BCUT2D eigenvalue weighted by Gasteiger charge is -2.11. The SMILES string of the molecule is C[C@@H](CNC(=O)c1cc2cc([N+](=O)[O-])ccc2s1)c1nncn1C. The molecule has 3 rings (SSSR count). The molecule has 0 aliphatic heterocycles. The number of aryl methyl sites for hydroxylation is 1. The Morgan fingerprint density at radius 2 is 2.25 bits per heavy atom. The molecule has 0 aliphatic carbocycles. The Kier molecular flexibility index (Phi) is 4.26. The summed E-state index contributed by atoms with van der Waals surface area (Å²) < 4.78 is 2.65. The van der Waals surface area contributed by atoms with Crippen molar-refractivity contribution in [2.45, 2.75) is 12.8 Å². The van der Waals surface area contributed by atoms with E-state index in [9.17, 15) is 14.9 Å². The summed E-state index contributed by atoms with van der Waals surface area (Å²) in [6, 6.07) is 6.26. The van der Waals surface area contributed by atoms with E-state index in [0.29, 0.717) is 16.8 Å². The van der Waals surface area contributed by atoms with Gasteiger partial charge in [0, 0.05) is 41.7 Å². The number of nitrogens with zero attached hydrogens (tertiary/aromatic N) is 4. The number of rotatable bonds is 5. The number of amides is 1. The Bertz CT molecular complexity index is 917. The van der Waals surface area contributed by atoms with Crippen LogP contribution in [0.15, 0.2) is 30.6 Å². The highest BCUT2D eigenvalue weighted by atomic mass is 32.1. The van der Waals surface area contributed by atoms with Gasteiger partial charge in [0.2, 0.25) is 0 Å². The molecule has 0 saturated carbocycles. The zero-order valence-electron chi connectivity index (χ0n) is 13.1. The van der Waals surface area contributed by atoms with Crippen LogP contribution in [0.5, 0.6) is 0 Å². The normalized spacial score (nSPS) is 12.2. The van der Waals surface area contributed by atoms with E-state index < -0.39 is 4.92 Å². The van der Waals surface area contributed by atoms with E-state index in [-0.39, 0.29) is 17.5 Å². The summed E-state index contributed by atoms with van der Waals surface area (Å²) in [5, 5.41) is 22.2. The summed E-state index contributed by atoms with van der Waals surface area (Å²) in [4.78, 5) is 23.2. The molecule has 0 bridgehead atoms. The van der Waals surface area contributed by atoms with Crippen molar-refractivity contribution in [3.8, 4) is 0 Å². The topological polar surface area (TPSA) is 103 Å². The van der Waals surface area contributed by atoms with Crippen LogP contribution in [0.25, 0.3) is 10.1 Å². The van der Waals surface area contributed by atoms with Crippen molar-refractivity contribution in [3.63, 3.8) is 0 Å². The van der Waals surface area contributed by atoms with Gasteiger partial charge in [-0.15, -0.1) is 21.5 Å². The van der Waals surface area contributed by atoms with Gasteiger partial charge >= 0.3 is 0 Å². The second kappa shape index (κ2) is 6.36. The second-order valence-corrected chi connectivity index (χ2v) is 6.58. The maximum atomic E-state index is 12.3. The fourth-order valence-corrected chi connectivity index (χ4v) is 3.38. The first-order chi connectivity index (χ1) is 11.5. The Morgan fingerprint density at radius 3 is 2.92 bits per heavy atom. The summed E-state index contributed by atoms with van der Waals surface area (Å²) in [7, 11) is 1.85. The number of nitrogens with one attached hydrogen (secondary N) is 1. The largest absolute Gasteiger partial charge is 0.351 e. The number of hydrogen-bond acceptors (Lipinski definition) is 6. The number of thiophene rings is 1. The fourth-order valence-electron chi connectivity index (χ4n) is 2.42. The van der Waals surface area contributed by atoms with Crippen molar-refractivity contribution >= 4 is 33.0 Å². The number of carbonyl (C=O) groups is 1. The first-order valence-electron chi connectivity index (χ1n) is 7.26. The lowest BCUT2D eigenvalue weighted by atomic mass is 10.1. The summed E-state index contributed by atoms with van der Waals surface area (Å²) in [6.07, 6.45) is 1.62. The standard InChI is InChI=1S/C15H15N5O3S/c1-9(14-18-17-8-19(14)2)7-16-15(21)13-6-10-5-11(20(22)23)3-4-12(10)24-13/h3-6,8-9H,7H2,1-2H3,(H,16,21)/t9-/m0/s1. The smallest absolute Gasteiger partial charge is 0.270 e. The Morgan fingerprint density at radius 1 is 1.46 bits per heavy atom. The molecule has 2 aromatic heterocycles. The average Bonchev–Trinajstić information content (AvgIpc) is 3.17. The zero-order chi connectivity index (χ0) is 17.3. The number of aromatic nitrogens is 3. The van der Waals surface area contributed by atoms with E-state index in [0.717, 1.165) is 10.5 Å². The molecule has 2 heterocycles. The molecule has 9 heteroatoms. The highest BCUT2D eigenvalue weighted by molar-refractivity contribution is 7.20. The summed E-state index contributed by atoms with van der Waals surface area (Å²) >= 11 is 1.31. The molecule has 1 N–H and O–H groups in total. The molecule has 0 spiro atoms. The van der Waals surface area contributed by atoms with E-state index in [1.54, 1.807) is 18.5 Å². The molecule has 0 aliphatic rings. The molecule has 3 aromatic rings. The van der Waals surface area contributed by atoms with Gasteiger partial charge in [-0.1, -0.05) is 6.92 Å². The van der Waals surface area contributed by atoms with Gasteiger partial charge in [-0.2, -0.15) is 0 Å². The van der Waals surface area contributed by atoms with E-state index in [2.05, 4.69) is 15.5 Å². The van der Waals surface area contributed by atoms with Crippen molar-refractivity contribution in [2.75, 3.05) is 6.54 Å². The van der Waals surface area contributed by atoms with Gasteiger partial charge in [-0.3, -0.25) is 14.9 Å². The van der Waals surface area contributed by atoms with Crippen molar-refractivity contribution in [1.82, 2.24) is 20.1 Å². The third-order valence-corrected chi connectivity index (χ3v) is 4.81. The lowest BCUT2D eigenvalue weighted by Crippen LogP contribution is -2.27. The molecule has 8 nitrogen and oxygen atoms in total. The molecule has 0 unspecified atom stereocenters. The molecule has 0 radical (unpaired) electrons. The second-order valence-electron chi connectivity index (χ2n) is 5.50. The summed E-state index contributed by atoms with van der Waals surface area (Å²) in [5.41, 5.74) is 0.0168. The molecule has 24 heavy (non-hydrogen) atoms. The first kappa shape index (κ1) is 16.1. The number of nitro benzene ring substituents is 1. The first-order valence-corrected chi connectivity index (χ1v) is 8.07. The zero-order valence-corrected chi connectivity index (χ0v) is 13.9. The van der Waals surface area contributed by atoms with Crippen molar-refractivity contribution in [1.29, 1.82) is 0 Å². The van der Waals surface area contributed by atoms with Gasteiger partial charge in [0.1, 0.15) is 12.2 Å². The predicted octanol–water partition coefficient (Wildman–Crippen LogP) is 2.47. The predicted molar refractivity (Wildman–Crippen MR) is 90.2 cm³/mol. The van der Waals surface area contributed by atoms with Crippen LogP contribution in [0.3, 0.4) is 0 Å². The molecule has 1 atom stereocenters. The summed E-state index contributed by atoms with van der Waals surface area (Å²) in [5.74, 6) is 0.618. The highest BCUT2D eigenvalue weighted by Crippen LogP contribution is 2.29. The van der Waals surface area contributed by atoms with E-state index in [1.807, 2.05) is 18.5 Å². The van der Waals surface area contributed by atoms with Gasteiger partial charge in [-0.05, 0) is 12.1 Å². The number of fused-ring (bicyclic) bond motifs is 1. The average molecular weight is 345 g/mol. The molecule has 0 fully saturated rings. The maximum Gasteiger partial charge on any atom is 0.270 e. The monoisotopic (exact) mass is 345 g/mol. The van der Waals surface area contributed by atoms with Crippen LogP contribution >= 0.6 is 11.3 Å². The maximum absolute atomic E-state index is 12.3. The molecule has 124 valence electrons. The van der Waals surface area contributed by atoms with Crippen LogP contribution in [0, 0.1) is 10.1 Å². The van der Waals surface area contributed by atoms with Gasteiger partial charge < -0.3 is 9.88 Å². The minimum Gasteiger partial charge on any atom is -0.351 e. The Balaban J connectivity index is 1.72. The van der Waals surface area contributed by atoms with E-state index >= 15 is 0 Å². The van der Waals surface area contributed by atoms with Gasteiger partial charge in [0.05, 0.1) is 9.80 Å². The number of non-ortho nitro benzene ring substituents is 1. The number of benzene rings is 1. The van der Waals surface area contributed by atoms with Gasteiger partial charge in [0.25, 0.3) is 11.6 Å². The Labute approximate surface area is 141 Å². The quantitative estimate of drug-likeness (QED) is 0.565. The van der Waals surface area contributed by atoms with Crippen molar-refractivity contribution in [2.24, 2.45) is 7.05 Å². The third-order valence-electron chi connectivity index (χ3n) is 3.69. The molecular weight excluding hydrogens is 330 g/mol. The highest BCUT2D eigenvalue weighted by Gasteiger charge is 2.16.